The van der Waals surface area contributed by atoms with Crippen LogP contribution >= 0.6 is 0 Å². The van der Waals surface area contributed by atoms with E-state index in [1.54, 1.807) is 13.8 Å². The number of aromatic nitrogens is 4. The molecule has 4 aromatic rings. The van der Waals surface area contributed by atoms with Crippen LogP contribution < -0.4 is 40.1 Å². The molecule has 11 heteroatoms. The van der Waals surface area contributed by atoms with E-state index < -0.39 is 0 Å². The summed E-state index contributed by atoms with van der Waals surface area (Å²) in [5.41, 5.74) is 1.06. The van der Waals surface area contributed by atoms with Crippen molar-refractivity contribution in [2.24, 2.45) is 0 Å². The van der Waals surface area contributed by atoms with Gasteiger partial charge in [0.05, 0.1) is 0 Å². The van der Waals surface area contributed by atoms with Crippen LogP contribution in [0.1, 0.15) is 11.4 Å². The van der Waals surface area contributed by atoms with Gasteiger partial charge in [0, 0.05) is 35.9 Å². The largest absolute Gasteiger partial charge is 2.00 e. The van der Waals surface area contributed by atoms with Gasteiger partial charge in [-0.05, 0) is 26.0 Å². The summed E-state index contributed by atoms with van der Waals surface area (Å²) in [6, 6.07) is 8.64. The van der Waals surface area contributed by atoms with Crippen LogP contribution in [0.3, 0.4) is 0 Å². The van der Waals surface area contributed by atoms with Gasteiger partial charge in [-0.15, -0.1) is 0 Å². The van der Waals surface area contributed by atoms with Crippen molar-refractivity contribution in [3.05, 3.63) is 80.9 Å². The number of pyridine rings is 2. The maximum absolute atomic E-state index is 11.3. The molecule has 0 aromatic carbocycles. The van der Waals surface area contributed by atoms with Crippen LogP contribution in [-0.4, -0.2) is 5.48 Å². The second-order valence-corrected chi connectivity index (χ2v) is 5.60. The summed E-state index contributed by atoms with van der Waals surface area (Å²) in [6.45, 7) is 3.38. The average Bonchev–Trinajstić information content (AvgIpc) is 2.57. The number of aryl methyl sites for hydroxylation is 2. The van der Waals surface area contributed by atoms with Crippen LogP contribution in [0.4, 0.5) is 0 Å². The van der Waals surface area contributed by atoms with Gasteiger partial charge < -0.3 is 21.2 Å². The van der Waals surface area contributed by atoms with E-state index in [-0.39, 0.29) is 64.3 Å². The predicted molar refractivity (Wildman–Crippen MR) is 95.2 cm³/mol. The normalized spacial score (nSPS) is 9.45. The Bertz CT molecular complexity index is 1140. The Morgan fingerprint density at radius 1 is 0.793 bits per heavy atom. The Balaban J connectivity index is 0.000000490. The number of rotatable bonds is 0. The van der Waals surface area contributed by atoms with Crippen molar-refractivity contribution in [3.63, 3.8) is 0 Å². The van der Waals surface area contributed by atoms with Gasteiger partial charge in [0.2, 0.25) is 0 Å². The first-order valence-electron chi connectivity index (χ1n) is 7.69. The third-order valence-corrected chi connectivity index (χ3v) is 3.57. The number of nitrogens with zero attached hydrogens (tertiary/aromatic N) is 4. The second-order valence-electron chi connectivity index (χ2n) is 5.60. The Morgan fingerprint density at radius 2 is 1.14 bits per heavy atom. The van der Waals surface area contributed by atoms with Crippen molar-refractivity contribution < 1.29 is 49.4 Å². The fourth-order valence-corrected chi connectivity index (χ4v) is 2.43. The summed E-state index contributed by atoms with van der Waals surface area (Å²) >= 11 is 0. The van der Waals surface area contributed by atoms with E-state index in [4.69, 9.17) is 0 Å². The molecule has 4 rings (SSSR count). The molecule has 0 atom stereocenters. The fourth-order valence-electron chi connectivity index (χ4n) is 2.43. The van der Waals surface area contributed by atoms with E-state index in [0.717, 1.165) is 0 Å². The molecule has 0 aliphatic rings. The molecule has 29 heavy (non-hydrogen) atoms. The number of fused-ring (bicyclic) bond motifs is 2. The zero-order chi connectivity index (χ0) is 18.8. The molecule has 0 fully saturated rings. The van der Waals surface area contributed by atoms with E-state index in [1.807, 2.05) is 0 Å². The maximum atomic E-state index is 11.3. The molecule has 10 nitrogen and oxygen atoms in total. The van der Waals surface area contributed by atoms with Crippen LogP contribution in [0, 0.1) is 13.8 Å². The van der Waals surface area contributed by atoms with Crippen molar-refractivity contribution in [2.75, 3.05) is 0 Å². The first-order chi connectivity index (χ1) is 12.4. The molecule has 0 saturated heterocycles. The second kappa shape index (κ2) is 10.4. The molecule has 4 aromatic heterocycles. The topological polar surface area (TPSA) is 181 Å². The molecular formula is C18H19N4O6Zn+. The molecule has 148 valence electrons. The van der Waals surface area contributed by atoms with Crippen LogP contribution in [0.15, 0.2) is 58.4 Å². The molecule has 0 radical (unpaired) electrons. The molecular weight excluding hydrogens is 434 g/mol. The Kier molecular flexibility index (Phi) is 9.29. The molecule has 0 spiro atoms. The fraction of sp³-hybridized carbons (Fsp3) is 0.111. The summed E-state index contributed by atoms with van der Waals surface area (Å²) in [7, 11) is 0. The predicted octanol–water partition coefficient (Wildman–Crippen LogP) is -3.50. The Hall–Kier alpha value is -3.14. The molecule has 0 unspecified atom stereocenters. The molecule has 4 heterocycles. The molecule has 0 saturated carbocycles. The molecule has 5 N–H and O–H groups in total. The summed E-state index contributed by atoms with van der Waals surface area (Å²) in [5, 5.41) is 22.5. The minimum atomic E-state index is -0.233. The Labute approximate surface area is 177 Å². The minimum absolute atomic E-state index is 0. The van der Waals surface area contributed by atoms with Crippen LogP contribution in [-0.2, 0) is 25.0 Å². The van der Waals surface area contributed by atoms with E-state index in [2.05, 4.69) is 9.97 Å². The number of hydrogen-bond acceptors (Lipinski definition) is 4. The summed E-state index contributed by atoms with van der Waals surface area (Å²) in [5.74, 6) is -0.466. The van der Waals surface area contributed by atoms with Crippen molar-refractivity contribution in [3.8, 4) is 11.5 Å². The zero-order valence-corrected chi connectivity index (χ0v) is 18.8. The van der Waals surface area contributed by atoms with Crippen LogP contribution in [0.5, 0.6) is 11.5 Å². The zero-order valence-electron chi connectivity index (χ0n) is 15.8. The van der Waals surface area contributed by atoms with Crippen molar-refractivity contribution in [1.29, 1.82) is 0 Å². The van der Waals surface area contributed by atoms with Crippen LogP contribution in [0.25, 0.3) is 11.3 Å². The SMILES string of the molecule is Cc1cc(=O)[n+]2cccc([O-])c2[n-]1.Cc1cc(=O)[n+]2cccc([O-])c2[n-]1.O.[OH3+].[Zn+2]. The van der Waals surface area contributed by atoms with E-state index >= 15 is 0 Å². The van der Waals surface area contributed by atoms with Gasteiger partial charge in [0.25, 0.3) is 11.1 Å². The minimum Gasteiger partial charge on any atom is -0.870 e. The monoisotopic (exact) mass is 451 g/mol. The molecule has 0 bridgehead atoms. The van der Waals surface area contributed by atoms with E-state index in [1.165, 1.54) is 57.6 Å². The first kappa shape index (κ1) is 25.9. The van der Waals surface area contributed by atoms with Crippen molar-refractivity contribution in [1.82, 2.24) is 9.97 Å². The van der Waals surface area contributed by atoms with Gasteiger partial charge in [-0.2, -0.15) is 0 Å². The van der Waals surface area contributed by atoms with E-state index in [0.29, 0.717) is 11.4 Å². The third kappa shape index (κ3) is 5.44. The molecule has 0 aliphatic carbocycles. The number of hydrogen-bond donors (Lipinski definition) is 0. The van der Waals surface area contributed by atoms with E-state index in [9.17, 15) is 19.8 Å². The van der Waals surface area contributed by atoms with Gasteiger partial charge in [-0.3, -0.25) is 18.4 Å². The smallest absolute Gasteiger partial charge is 0.870 e. The molecule has 0 aliphatic heterocycles. The van der Waals surface area contributed by atoms with Gasteiger partial charge in [0.1, 0.15) is 11.3 Å². The standard InChI is InChI=1S/2C9H8N2O2.2H2O.Zn/c2*1-6-5-8(13)11-4-2-3-7(12)9(11)10-6;;;/h2*2-5,12H,1H3;2*1H2;/q;;;;+2/p-1. The van der Waals surface area contributed by atoms with Crippen LogP contribution in [0.2, 0.25) is 0 Å². The molecule has 0 amide bonds. The van der Waals surface area contributed by atoms with Crippen molar-refractivity contribution in [2.45, 2.75) is 13.8 Å². The summed E-state index contributed by atoms with van der Waals surface area (Å²) < 4.78 is 2.49. The third-order valence-electron chi connectivity index (χ3n) is 3.57. The average molecular weight is 453 g/mol. The first-order valence-corrected chi connectivity index (χ1v) is 7.69. The van der Waals surface area contributed by atoms with Gasteiger partial charge in [-0.1, -0.05) is 23.6 Å². The van der Waals surface area contributed by atoms with Gasteiger partial charge >= 0.3 is 19.5 Å². The van der Waals surface area contributed by atoms with Crippen molar-refractivity contribution >= 4 is 11.3 Å². The summed E-state index contributed by atoms with van der Waals surface area (Å²) in [6.07, 6.45) is 3.07. The quantitative estimate of drug-likeness (QED) is 0.151. The van der Waals surface area contributed by atoms with Gasteiger partial charge in [-0.25, -0.2) is 9.97 Å². The summed E-state index contributed by atoms with van der Waals surface area (Å²) in [4.78, 5) is 30.6. The van der Waals surface area contributed by atoms with Gasteiger partial charge in [0.15, 0.2) is 0 Å². The maximum Gasteiger partial charge on any atom is 2.00 e. The Morgan fingerprint density at radius 3 is 1.48 bits per heavy atom.